The first-order valence-electron chi connectivity index (χ1n) is 4.34. The Morgan fingerprint density at radius 1 is 1.38 bits per heavy atom. The lowest BCUT2D eigenvalue weighted by Gasteiger charge is -2.30. The molecule has 1 N–H and O–H groups in total. The van der Waals surface area contributed by atoms with Crippen LogP contribution in [0.3, 0.4) is 0 Å². The summed E-state index contributed by atoms with van der Waals surface area (Å²) in [5, 5.41) is 8.86. The van der Waals surface area contributed by atoms with Crippen LogP contribution in [-0.4, -0.2) is 16.9 Å². The number of carboxylic acid groups (broad SMARTS) is 1. The van der Waals surface area contributed by atoms with E-state index in [0.717, 1.165) is 0 Å². The molecular formula is C10H14O3. The SMILES string of the molecule is CC1=C(C(=O)O)CCC(=O)C1(C)C. The lowest BCUT2D eigenvalue weighted by Crippen LogP contribution is -2.31. The van der Waals surface area contributed by atoms with Gasteiger partial charge in [0.15, 0.2) is 0 Å². The summed E-state index contributed by atoms with van der Waals surface area (Å²) in [5.74, 6) is -0.756. The number of Topliss-reactive ketones (excluding diaryl/α,β-unsaturated/α-hetero) is 1. The highest BCUT2D eigenvalue weighted by Crippen LogP contribution is 2.37. The molecule has 0 atom stereocenters. The Morgan fingerprint density at radius 2 is 1.92 bits per heavy atom. The van der Waals surface area contributed by atoms with Crippen LogP contribution in [0.1, 0.15) is 33.6 Å². The summed E-state index contributed by atoms with van der Waals surface area (Å²) >= 11 is 0. The van der Waals surface area contributed by atoms with Crippen molar-refractivity contribution in [3.63, 3.8) is 0 Å². The van der Waals surface area contributed by atoms with Crippen LogP contribution in [0.15, 0.2) is 11.1 Å². The van der Waals surface area contributed by atoms with Crippen molar-refractivity contribution >= 4 is 11.8 Å². The smallest absolute Gasteiger partial charge is 0.331 e. The van der Waals surface area contributed by atoms with Crippen LogP contribution in [-0.2, 0) is 9.59 Å². The first-order chi connectivity index (χ1) is 5.87. The molecule has 13 heavy (non-hydrogen) atoms. The summed E-state index contributed by atoms with van der Waals surface area (Å²) < 4.78 is 0. The molecule has 0 aliphatic heterocycles. The highest BCUT2D eigenvalue weighted by molar-refractivity contribution is 5.96. The fourth-order valence-electron chi connectivity index (χ4n) is 1.59. The zero-order chi connectivity index (χ0) is 10.2. The Balaban J connectivity index is 3.18. The maximum atomic E-state index is 11.5. The largest absolute Gasteiger partial charge is 0.478 e. The molecule has 0 bridgehead atoms. The molecule has 1 aliphatic carbocycles. The highest BCUT2D eigenvalue weighted by atomic mass is 16.4. The van der Waals surface area contributed by atoms with Gasteiger partial charge in [-0.05, 0) is 32.8 Å². The lowest BCUT2D eigenvalue weighted by atomic mass is 9.72. The maximum absolute atomic E-state index is 11.5. The second-order valence-electron chi connectivity index (χ2n) is 3.96. The average Bonchev–Trinajstić information content (AvgIpc) is 2.01. The molecule has 0 amide bonds. The predicted octanol–water partition coefficient (Wildman–Crippen LogP) is 1.78. The van der Waals surface area contributed by atoms with Crippen molar-refractivity contribution < 1.29 is 14.7 Å². The van der Waals surface area contributed by atoms with Gasteiger partial charge in [0.25, 0.3) is 0 Å². The van der Waals surface area contributed by atoms with Crippen molar-refractivity contribution in [1.29, 1.82) is 0 Å². The van der Waals surface area contributed by atoms with Gasteiger partial charge in [0.1, 0.15) is 5.78 Å². The third kappa shape index (κ3) is 1.50. The molecule has 0 aromatic carbocycles. The molecule has 1 rings (SSSR count). The predicted molar refractivity (Wildman–Crippen MR) is 48.4 cm³/mol. The summed E-state index contributed by atoms with van der Waals surface area (Å²) in [5.41, 5.74) is 0.521. The lowest BCUT2D eigenvalue weighted by molar-refractivity contribution is -0.133. The van der Waals surface area contributed by atoms with E-state index in [1.807, 2.05) is 0 Å². The third-order valence-electron chi connectivity index (χ3n) is 2.95. The zero-order valence-electron chi connectivity index (χ0n) is 8.18. The Hall–Kier alpha value is -1.12. The number of carbonyl (C=O) groups is 2. The third-order valence-corrected chi connectivity index (χ3v) is 2.95. The molecule has 3 heteroatoms. The van der Waals surface area contributed by atoms with Crippen LogP contribution in [0.25, 0.3) is 0 Å². The molecule has 0 saturated heterocycles. The van der Waals surface area contributed by atoms with E-state index in [-0.39, 0.29) is 5.78 Å². The van der Waals surface area contributed by atoms with E-state index in [2.05, 4.69) is 0 Å². The summed E-state index contributed by atoms with van der Waals surface area (Å²) in [6.45, 7) is 5.31. The van der Waals surface area contributed by atoms with Crippen molar-refractivity contribution in [2.45, 2.75) is 33.6 Å². The molecule has 0 aromatic heterocycles. The van der Waals surface area contributed by atoms with Gasteiger partial charge in [-0.3, -0.25) is 4.79 Å². The molecule has 0 aromatic rings. The van der Waals surface area contributed by atoms with Crippen molar-refractivity contribution in [2.24, 2.45) is 5.41 Å². The quantitative estimate of drug-likeness (QED) is 0.672. The van der Waals surface area contributed by atoms with Crippen LogP contribution < -0.4 is 0 Å². The summed E-state index contributed by atoms with van der Waals surface area (Å²) in [4.78, 5) is 22.3. The van der Waals surface area contributed by atoms with Gasteiger partial charge in [-0.15, -0.1) is 0 Å². The Labute approximate surface area is 77.4 Å². The zero-order valence-corrected chi connectivity index (χ0v) is 8.18. The molecule has 0 fully saturated rings. The number of hydrogen-bond acceptors (Lipinski definition) is 2. The standard InChI is InChI=1S/C10H14O3/c1-6-7(9(12)13)4-5-8(11)10(6,2)3/h4-5H2,1-3H3,(H,12,13). The summed E-state index contributed by atoms with van der Waals surface area (Å²) in [6.07, 6.45) is 0.732. The molecular weight excluding hydrogens is 168 g/mol. The van der Waals surface area contributed by atoms with Gasteiger partial charge in [0.2, 0.25) is 0 Å². The Morgan fingerprint density at radius 3 is 2.38 bits per heavy atom. The Bertz CT molecular complexity index is 297. The van der Waals surface area contributed by atoms with Gasteiger partial charge < -0.3 is 5.11 Å². The van der Waals surface area contributed by atoms with Gasteiger partial charge in [0, 0.05) is 17.4 Å². The molecule has 0 unspecified atom stereocenters. The van der Waals surface area contributed by atoms with Gasteiger partial charge in [-0.25, -0.2) is 4.79 Å². The first-order valence-corrected chi connectivity index (χ1v) is 4.34. The average molecular weight is 182 g/mol. The summed E-state index contributed by atoms with van der Waals surface area (Å²) in [6, 6.07) is 0. The number of ketones is 1. The van der Waals surface area contributed by atoms with Crippen LogP contribution in [0.5, 0.6) is 0 Å². The van der Waals surface area contributed by atoms with E-state index in [4.69, 9.17) is 5.11 Å². The van der Waals surface area contributed by atoms with E-state index in [1.165, 1.54) is 0 Å². The molecule has 3 nitrogen and oxygen atoms in total. The normalized spacial score (nSPS) is 21.9. The minimum atomic E-state index is -0.891. The van der Waals surface area contributed by atoms with Gasteiger partial charge >= 0.3 is 5.97 Å². The molecule has 0 saturated carbocycles. The van der Waals surface area contributed by atoms with Crippen LogP contribution in [0.2, 0.25) is 0 Å². The maximum Gasteiger partial charge on any atom is 0.331 e. The first kappa shape index (κ1) is 9.96. The second kappa shape index (κ2) is 2.98. The van der Waals surface area contributed by atoms with Crippen molar-refractivity contribution in [2.75, 3.05) is 0 Å². The van der Waals surface area contributed by atoms with E-state index in [1.54, 1.807) is 20.8 Å². The van der Waals surface area contributed by atoms with E-state index < -0.39 is 11.4 Å². The van der Waals surface area contributed by atoms with Crippen molar-refractivity contribution in [1.82, 2.24) is 0 Å². The van der Waals surface area contributed by atoms with E-state index in [0.29, 0.717) is 24.0 Å². The van der Waals surface area contributed by atoms with Crippen LogP contribution >= 0.6 is 0 Å². The van der Waals surface area contributed by atoms with Crippen LogP contribution in [0, 0.1) is 5.41 Å². The molecule has 0 spiro atoms. The van der Waals surface area contributed by atoms with Gasteiger partial charge in [0.05, 0.1) is 0 Å². The molecule has 0 radical (unpaired) electrons. The van der Waals surface area contributed by atoms with Crippen molar-refractivity contribution in [3.8, 4) is 0 Å². The number of carbonyl (C=O) groups excluding carboxylic acids is 1. The second-order valence-corrected chi connectivity index (χ2v) is 3.96. The molecule has 72 valence electrons. The van der Waals surface area contributed by atoms with Gasteiger partial charge in [-0.2, -0.15) is 0 Å². The summed E-state index contributed by atoms with van der Waals surface area (Å²) in [7, 11) is 0. The number of aliphatic carboxylic acids is 1. The fourth-order valence-corrected chi connectivity index (χ4v) is 1.59. The van der Waals surface area contributed by atoms with Crippen molar-refractivity contribution in [3.05, 3.63) is 11.1 Å². The minimum Gasteiger partial charge on any atom is -0.478 e. The van der Waals surface area contributed by atoms with Gasteiger partial charge in [-0.1, -0.05) is 0 Å². The number of allylic oxidation sites excluding steroid dienone is 1. The molecule has 0 heterocycles. The number of carboxylic acids is 1. The van der Waals surface area contributed by atoms with Crippen LogP contribution in [0.4, 0.5) is 0 Å². The number of rotatable bonds is 1. The Kier molecular flexibility index (Phi) is 2.28. The topological polar surface area (TPSA) is 54.4 Å². The monoisotopic (exact) mass is 182 g/mol. The highest BCUT2D eigenvalue weighted by Gasteiger charge is 2.36. The number of hydrogen-bond donors (Lipinski definition) is 1. The van der Waals surface area contributed by atoms with E-state index >= 15 is 0 Å². The minimum absolute atomic E-state index is 0.134. The van der Waals surface area contributed by atoms with E-state index in [9.17, 15) is 9.59 Å². The fraction of sp³-hybridized carbons (Fsp3) is 0.600. The molecule has 1 aliphatic rings.